The average molecular weight is 568 g/mol. The molecule has 0 spiro atoms. The van der Waals surface area contributed by atoms with Crippen molar-refractivity contribution in [3.63, 3.8) is 0 Å². The highest BCUT2D eigenvalue weighted by Crippen LogP contribution is 2.35. The number of carbonyl (C=O) groups excluding carboxylic acids is 1. The Morgan fingerprint density at radius 1 is 1.10 bits per heavy atom. The molecule has 1 aliphatic rings. The summed E-state index contributed by atoms with van der Waals surface area (Å²) in [6, 6.07) is 25.7. The van der Waals surface area contributed by atoms with E-state index in [-0.39, 0.29) is 18.8 Å². The molecular formula is C31H25N3O4S2. The van der Waals surface area contributed by atoms with Crippen LogP contribution in [0.1, 0.15) is 29.7 Å². The fourth-order valence-electron chi connectivity index (χ4n) is 4.52. The summed E-state index contributed by atoms with van der Waals surface area (Å²) in [7, 11) is 0. The number of thiazole rings is 1. The van der Waals surface area contributed by atoms with E-state index < -0.39 is 12.0 Å². The van der Waals surface area contributed by atoms with Gasteiger partial charge in [-0.25, -0.2) is 9.79 Å². The van der Waals surface area contributed by atoms with Gasteiger partial charge in [-0.2, -0.15) is 5.26 Å². The Balaban J connectivity index is 1.79. The standard InChI is InChI=1S/C31H25N3O4S2/c1-3-37-30(36)26-27(20-9-5-4-6-10-20)33-31-34(28(26)21-13-15-23(39-2)16-14-21)29(35)25(40-31)19-22-11-7-8-12-24(22)38-18-17-32/h4-16,19,28H,3,18H2,1-2H3/b25-19-/t28-/m0/s1. The van der Waals surface area contributed by atoms with E-state index in [1.54, 1.807) is 35.4 Å². The fourth-order valence-corrected chi connectivity index (χ4v) is 5.92. The quantitative estimate of drug-likeness (QED) is 0.229. The predicted octanol–water partition coefficient (Wildman–Crippen LogP) is 4.56. The van der Waals surface area contributed by atoms with Gasteiger partial charge in [0.25, 0.3) is 5.56 Å². The second kappa shape index (κ2) is 12.2. The molecule has 0 aliphatic carbocycles. The summed E-state index contributed by atoms with van der Waals surface area (Å²) in [6.45, 7) is 1.83. The Bertz CT molecular complexity index is 1800. The molecule has 0 N–H and O–H groups in total. The molecule has 5 rings (SSSR count). The second-order valence-electron chi connectivity index (χ2n) is 8.69. The molecule has 0 radical (unpaired) electrons. The van der Waals surface area contributed by atoms with Crippen LogP contribution in [0.2, 0.25) is 0 Å². The zero-order valence-corrected chi connectivity index (χ0v) is 23.5. The van der Waals surface area contributed by atoms with Crippen LogP contribution in [-0.2, 0) is 9.53 Å². The van der Waals surface area contributed by atoms with Crippen molar-refractivity contribution in [3.8, 4) is 11.8 Å². The van der Waals surface area contributed by atoms with Crippen molar-refractivity contribution in [3.05, 3.63) is 121 Å². The SMILES string of the molecule is CCOC(=O)C1=C(c2ccccc2)N=c2s/c(=C\c3ccccc3OCC#N)c(=O)n2[C@H]1c1ccc(SC)cc1. The first-order valence-corrected chi connectivity index (χ1v) is 14.6. The van der Waals surface area contributed by atoms with Gasteiger partial charge in [0.15, 0.2) is 11.4 Å². The van der Waals surface area contributed by atoms with Gasteiger partial charge in [0.05, 0.1) is 28.5 Å². The molecule has 200 valence electrons. The van der Waals surface area contributed by atoms with Gasteiger partial charge >= 0.3 is 5.97 Å². The molecule has 0 fully saturated rings. The van der Waals surface area contributed by atoms with E-state index in [1.165, 1.54) is 11.3 Å². The lowest BCUT2D eigenvalue weighted by molar-refractivity contribution is -0.138. The van der Waals surface area contributed by atoms with Gasteiger partial charge in [-0.05, 0) is 43.0 Å². The molecule has 0 bridgehead atoms. The molecular weight excluding hydrogens is 542 g/mol. The van der Waals surface area contributed by atoms with E-state index in [4.69, 9.17) is 19.7 Å². The van der Waals surface area contributed by atoms with Gasteiger partial charge in [-0.3, -0.25) is 9.36 Å². The predicted molar refractivity (Wildman–Crippen MR) is 157 cm³/mol. The van der Waals surface area contributed by atoms with Gasteiger partial charge in [-0.1, -0.05) is 72.0 Å². The van der Waals surface area contributed by atoms with Crippen molar-refractivity contribution in [2.75, 3.05) is 19.5 Å². The molecule has 4 aromatic rings. The highest BCUT2D eigenvalue weighted by atomic mass is 32.2. The smallest absolute Gasteiger partial charge is 0.338 e. The second-order valence-corrected chi connectivity index (χ2v) is 10.6. The zero-order chi connectivity index (χ0) is 28.1. The number of fused-ring (bicyclic) bond motifs is 1. The third-order valence-electron chi connectivity index (χ3n) is 6.30. The first kappa shape index (κ1) is 27.2. The molecule has 1 aromatic heterocycles. The van der Waals surface area contributed by atoms with Crippen LogP contribution in [0.15, 0.2) is 99.1 Å². The number of nitrogens with zero attached hydrogens (tertiary/aromatic N) is 3. The lowest BCUT2D eigenvalue weighted by Gasteiger charge is -2.26. The van der Waals surface area contributed by atoms with Crippen LogP contribution in [0.3, 0.4) is 0 Å². The highest BCUT2D eigenvalue weighted by Gasteiger charge is 2.35. The Kier molecular flexibility index (Phi) is 8.29. The summed E-state index contributed by atoms with van der Waals surface area (Å²) in [5, 5.41) is 8.97. The molecule has 2 heterocycles. The van der Waals surface area contributed by atoms with Crippen LogP contribution in [0.4, 0.5) is 0 Å². The topological polar surface area (TPSA) is 93.7 Å². The minimum absolute atomic E-state index is 0.110. The van der Waals surface area contributed by atoms with Crippen LogP contribution in [0, 0.1) is 11.3 Å². The van der Waals surface area contributed by atoms with Crippen molar-refractivity contribution in [1.29, 1.82) is 5.26 Å². The molecule has 40 heavy (non-hydrogen) atoms. The normalized spacial score (nSPS) is 14.7. The summed E-state index contributed by atoms with van der Waals surface area (Å²) in [6.07, 6.45) is 3.73. The van der Waals surface area contributed by atoms with Gasteiger partial charge in [0.1, 0.15) is 11.8 Å². The number of hydrogen-bond donors (Lipinski definition) is 0. The van der Waals surface area contributed by atoms with E-state index in [0.29, 0.717) is 31.9 Å². The number of nitriles is 1. The largest absolute Gasteiger partial charge is 0.478 e. The highest BCUT2D eigenvalue weighted by molar-refractivity contribution is 7.98. The minimum atomic E-state index is -0.742. The number of aromatic nitrogens is 1. The number of rotatable bonds is 8. The van der Waals surface area contributed by atoms with Gasteiger partial charge < -0.3 is 9.47 Å². The Morgan fingerprint density at radius 3 is 2.52 bits per heavy atom. The number of esters is 1. The molecule has 0 saturated heterocycles. The van der Waals surface area contributed by atoms with Crippen LogP contribution >= 0.6 is 23.1 Å². The van der Waals surface area contributed by atoms with E-state index in [0.717, 1.165) is 16.0 Å². The first-order valence-electron chi connectivity index (χ1n) is 12.6. The zero-order valence-electron chi connectivity index (χ0n) is 21.9. The lowest BCUT2D eigenvalue weighted by atomic mass is 9.93. The number of para-hydroxylation sites is 1. The summed E-state index contributed by atoms with van der Waals surface area (Å²) >= 11 is 2.85. The molecule has 1 aliphatic heterocycles. The molecule has 0 saturated carbocycles. The third-order valence-corrected chi connectivity index (χ3v) is 8.03. The van der Waals surface area contributed by atoms with Crippen LogP contribution in [0.25, 0.3) is 11.8 Å². The van der Waals surface area contributed by atoms with Crippen molar-refractivity contribution in [2.24, 2.45) is 4.99 Å². The Labute approximate surface area is 239 Å². The molecule has 3 aromatic carbocycles. The third kappa shape index (κ3) is 5.37. The maximum absolute atomic E-state index is 14.0. The van der Waals surface area contributed by atoms with E-state index in [9.17, 15) is 9.59 Å². The maximum atomic E-state index is 14.0. The van der Waals surface area contributed by atoms with Crippen LogP contribution in [0.5, 0.6) is 5.75 Å². The Hall–Kier alpha value is -4.39. The minimum Gasteiger partial charge on any atom is -0.478 e. The maximum Gasteiger partial charge on any atom is 0.338 e. The number of ether oxygens (including phenoxy) is 2. The summed E-state index contributed by atoms with van der Waals surface area (Å²) in [4.78, 5) is 34.0. The Morgan fingerprint density at radius 2 is 1.82 bits per heavy atom. The van der Waals surface area contributed by atoms with Gasteiger partial charge in [0.2, 0.25) is 0 Å². The lowest BCUT2D eigenvalue weighted by Crippen LogP contribution is -2.40. The summed E-state index contributed by atoms with van der Waals surface area (Å²) < 4.78 is 13.1. The number of thioether (sulfide) groups is 1. The number of hydrogen-bond acceptors (Lipinski definition) is 8. The first-order chi connectivity index (χ1) is 19.5. The number of carbonyl (C=O) groups is 1. The fraction of sp³-hybridized carbons (Fsp3) is 0.161. The van der Waals surface area contributed by atoms with Gasteiger partial charge in [-0.15, -0.1) is 11.8 Å². The van der Waals surface area contributed by atoms with E-state index in [2.05, 4.69) is 0 Å². The summed E-state index contributed by atoms with van der Waals surface area (Å²) in [5.74, 6) is -0.0233. The summed E-state index contributed by atoms with van der Waals surface area (Å²) in [5.41, 5.74) is 2.69. The average Bonchev–Trinajstić information content (AvgIpc) is 3.30. The molecule has 0 amide bonds. The molecule has 1 atom stereocenters. The van der Waals surface area contributed by atoms with Gasteiger partial charge in [0, 0.05) is 16.0 Å². The molecule has 9 heteroatoms. The van der Waals surface area contributed by atoms with Crippen molar-refractivity contribution >= 4 is 40.8 Å². The van der Waals surface area contributed by atoms with E-state index >= 15 is 0 Å². The van der Waals surface area contributed by atoms with Crippen molar-refractivity contribution in [2.45, 2.75) is 17.9 Å². The van der Waals surface area contributed by atoms with Crippen LogP contribution in [-0.4, -0.2) is 30.0 Å². The number of benzene rings is 3. The molecule has 7 nitrogen and oxygen atoms in total. The van der Waals surface area contributed by atoms with E-state index in [1.807, 2.05) is 85.1 Å². The van der Waals surface area contributed by atoms with Crippen molar-refractivity contribution < 1.29 is 14.3 Å². The monoisotopic (exact) mass is 567 g/mol. The van der Waals surface area contributed by atoms with Crippen molar-refractivity contribution in [1.82, 2.24) is 4.57 Å². The molecule has 0 unspecified atom stereocenters. The van der Waals surface area contributed by atoms with Crippen LogP contribution < -0.4 is 19.6 Å².